The number of amides is 2. The number of anilines is 1. The zero-order valence-corrected chi connectivity index (χ0v) is 16.0. The molecule has 3 rings (SSSR count). The summed E-state index contributed by atoms with van der Waals surface area (Å²) >= 11 is 5.25. The maximum atomic E-state index is 12.1. The Kier molecular flexibility index (Phi) is 4.77. The molecule has 0 atom stereocenters. The monoisotopic (exact) mass is 396 g/mol. The van der Waals surface area contributed by atoms with Crippen molar-refractivity contribution in [2.24, 2.45) is 0 Å². The predicted octanol–water partition coefficient (Wildman–Crippen LogP) is 3.64. The number of hydrogen-bond donors (Lipinski definition) is 0. The van der Waals surface area contributed by atoms with E-state index in [1.807, 2.05) is 18.0 Å². The van der Waals surface area contributed by atoms with Gasteiger partial charge in [0.1, 0.15) is 0 Å². The minimum atomic E-state index is 0.0771. The van der Waals surface area contributed by atoms with Gasteiger partial charge in [0.15, 0.2) is 5.13 Å². The molecule has 2 amide bonds. The summed E-state index contributed by atoms with van der Waals surface area (Å²) in [6.45, 7) is 1.88. The smallest absolute Gasteiger partial charge is 0.319 e. The van der Waals surface area contributed by atoms with E-state index in [1.54, 1.807) is 30.3 Å². The summed E-state index contributed by atoms with van der Waals surface area (Å²) in [7, 11) is 5.50. The van der Waals surface area contributed by atoms with Gasteiger partial charge in [0.2, 0.25) is 0 Å². The number of carbonyl (C=O) groups is 1. The van der Waals surface area contributed by atoms with Crippen LogP contribution < -0.4 is 4.90 Å². The lowest BCUT2D eigenvalue weighted by atomic mass is 10.0. The van der Waals surface area contributed by atoms with Gasteiger partial charge >= 0.3 is 6.03 Å². The molecule has 0 bridgehead atoms. The summed E-state index contributed by atoms with van der Waals surface area (Å²) in [5.41, 5.74) is 1.05. The zero-order chi connectivity index (χ0) is 16.6. The largest absolute Gasteiger partial charge is 0.348 e. The first-order valence-corrected chi connectivity index (χ1v) is 9.32. The topological polar surface area (TPSA) is 39.7 Å². The predicted molar refractivity (Wildman–Crippen MR) is 99.4 cm³/mol. The molecule has 124 valence electrons. The van der Waals surface area contributed by atoms with Crippen molar-refractivity contribution >= 4 is 48.6 Å². The fourth-order valence-corrected chi connectivity index (χ4v) is 4.51. The number of thiazole rings is 1. The normalized spacial score (nSPS) is 15.9. The molecule has 23 heavy (non-hydrogen) atoms. The van der Waals surface area contributed by atoms with E-state index in [9.17, 15) is 4.79 Å². The van der Waals surface area contributed by atoms with E-state index in [-0.39, 0.29) is 6.03 Å². The van der Waals surface area contributed by atoms with Crippen molar-refractivity contribution in [1.82, 2.24) is 14.8 Å². The Balaban J connectivity index is 1.67. The third-order valence-corrected chi connectivity index (χ3v) is 5.88. The molecule has 0 saturated carbocycles. The highest BCUT2D eigenvalue weighted by atomic mass is 79.9. The van der Waals surface area contributed by atoms with E-state index in [0.717, 1.165) is 41.1 Å². The van der Waals surface area contributed by atoms with Crippen molar-refractivity contribution in [2.45, 2.75) is 18.9 Å². The maximum Gasteiger partial charge on any atom is 0.319 e. The van der Waals surface area contributed by atoms with Crippen molar-refractivity contribution < 1.29 is 4.79 Å². The Morgan fingerprint density at radius 1 is 1.30 bits per heavy atom. The van der Waals surface area contributed by atoms with Crippen LogP contribution >= 0.6 is 27.3 Å². The third-order valence-electron chi connectivity index (χ3n) is 4.31. The first kappa shape index (κ1) is 16.5. The number of fused-ring (bicyclic) bond motifs is 1. The van der Waals surface area contributed by atoms with Gasteiger partial charge in [-0.25, -0.2) is 9.78 Å². The number of benzene rings is 1. The molecule has 7 heteroatoms. The van der Waals surface area contributed by atoms with Crippen molar-refractivity contribution in [2.75, 3.05) is 39.1 Å². The Hall–Kier alpha value is -1.34. The second kappa shape index (κ2) is 6.65. The van der Waals surface area contributed by atoms with Crippen molar-refractivity contribution in [3.63, 3.8) is 0 Å². The number of piperidine rings is 1. The van der Waals surface area contributed by atoms with E-state index in [1.165, 1.54) is 4.70 Å². The van der Waals surface area contributed by atoms with Gasteiger partial charge in [-0.3, -0.25) is 0 Å². The average molecular weight is 397 g/mol. The van der Waals surface area contributed by atoms with Crippen LogP contribution in [0.25, 0.3) is 10.2 Å². The van der Waals surface area contributed by atoms with Gasteiger partial charge < -0.3 is 14.7 Å². The number of rotatable bonds is 2. The summed E-state index contributed by atoms with van der Waals surface area (Å²) in [6, 6.07) is 6.58. The van der Waals surface area contributed by atoms with Crippen LogP contribution in [0.1, 0.15) is 12.8 Å². The Bertz CT molecular complexity index is 709. The van der Waals surface area contributed by atoms with E-state index in [4.69, 9.17) is 4.98 Å². The molecule has 1 aliphatic heterocycles. The lowest BCUT2D eigenvalue weighted by Crippen LogP contribution is -2.48. The number of hydrogen-bond acceptors (Lipinski definition) is 4. The molecule has 0 N–H and O–H groups in total. The summed E-state index contributed by atoms with van der Waals surface area (Å²) in [5, 5.41) is 1.08. The molecule has 1 aliphatic rings. The minimum Gasteiger partial charge on any atom is -0.348 e. The minimum absolute atomic E-state index is 0.0771. The van der Waals surface area contributed by atoms with Crippen molar-refractivity contribution in [3.05, 3.63) is 22.7 Å². The van der Waals surface area contributed by atoms with Crippen LogP contribution in [0, 0.1) is 0 Å². The van der Waals surface area contributed by atoms with Crippen LogP contribution in [0.3, 0.4) is 0 Å². The lowest BCUT2D eigenvalue weighted by molar-refractivity contribution is 0.155. The van der Waals surface area contributed by atoms with E-state index in [2.05, 4.69) is 33.0 Å². The Morgan fingerprint density at radius 2 is 2.00 bits per heavy atom. The standard InChI is InChI=1S/C16H21BrN4OS/c1-19(2)16(22)20(3)12-6-8-21(9-7-12)15-18-13-5-4-11(17)10-14(13)23-15/h4-5,10,12H,6-9H2,1-3H3. The number of urea groups is 1. The van der Waals surface area contributed by atoms with Gasteiger partial charge in [-0.05, 0) is 31.0 Å². The summed E-state index contributed by atoms with van der Waals surface area (Å²) in [5.74, 6) is 0. The average Bonchev–Trinajstić information content (AvgIpc) is 2.96. The van der Waals surface area contributed by atoms with Crippen molar-refractivity contribution in [1.29, 1.82) is 0 Å². The second-order valence-corrected chi connectivity index (χ2v) is 8.04. The fraction of sp³-hybridized carbons (Fsp3) is 0.500. The molecule has 2 heterocycles. The third kappa shape index (κ3) is 3.45. The molecule has 1 aromatic heterocycles. The van der Waals surface area contributed by atoms with Gasteiger partial charge in [0.05, 0.1) is 10.2 Å². The molecule has 0 spiro atoms. The SMILES string of the molecule is CN(C)C(=O)N(C)C1CCN(c2nc3ccc(Br)cc3s2)CC1. The quantitative estimate of drug-likeness (QED) is 0.777. The first-order valence-electron chi connectivity index (χ1n) is 7.71. The number of nitrogens with zero attached hydrogens (tertiary/aromatic N) is 4. The lowest BCUT2D eigenvalue weighted by Gasteiger charge is -2.37. The van der Waals surface area contributed by atoms with Crippen LogP contribution in [0.15, 0.2) is 22.7 Å². The van der Waals surface area contributed by atoms with Gasteiger partial charge in [-0.1, -0.05) is 27.3 Å². The van der Waals surface area contributed by atoms with E-state index in [0.29, 0.717) is 6.04 Å². The Labute approximate surface area is 149 Å². The van der Waals surface area contributed by atoms with Crippen molar-refractivity contribution in [3.8, 4) is 0 Å². The van der Waals surface area contributed by atoms with Gasteiger partial charge in [-0.15, -0.1) is 0 Å². The van der Waals surface area contributed by atoms with Gasteiger partial charge in [0.25, 0.3) is 0 Å². The molecule has 0 radical (unpaired) electrons. The second-order valence-electron chi connectivity index (χ2n) is 6.11. The zero-order valence-electron chi connectivity index (χ0n) is 13.6. The summed E-state index contributed by atoms with van der Waals surface area (Å²) in [4.78, 5) is 22.7. The van der Waals surface area contributed by atoms with Crippen LogP contribution in [-0.2, 0) is 0 Å². The molecule has 5 nitrogen and oxygen atoms in total. The molecule has 2 aromatic rings. The van der Waals surface area contributed by atoms with Crippen LogP contribution in [0.2, 0.25) is 0 Å². The molecule has 0 unspecified atom stereocenters. The number of halogens is 1. The van der Waals surface area contributed by atoms with Gasteiger partial charge in [0, 0.05) is 44.7 Å². The fourth-order valence-electron chi connectivity index (χ4n) is 2.94. The van der Waals surface area contributed by atoms with Crippen LogP contribution in [-0.4, -0.2) is 61.1 Å². The highest BCUT2D eigenvalue weighted by Crippen LogP contribution is 2.32. The number of aromatic nitrogens is 1. The molecular formula is C16H21BrN4OS. The maximum absolute atomic E-state index is 12.1. The van der Waals surface area contributed by atoms with E-state index >= 15 is 0 Å². The molecule has 1 fully saturated rings. The highest BCUT2D eigenvalue weighted by molar-refractivity contribution is 9.10. The van der Waals surface area contributed by atoms with Gasteiger partial charge in [-0.2, -0.15) is 0 Å². The highest BCUT2D eigenvalue weighted by Gasteiger charge is 2.27. The Morgan fingerprint density at radius 3 is 2.65 bits per heavy atom. The number of carbonyl (C=O) groups excluding carboxylic acids is 1. The summed E-state index contributed by atoms with van der Waals surface area (Å²) in [6.07, 6.45) is 1.96. The van der Waals surface area contributed by atoms with E-state index < -0.39 is 0 Å². The summed E-state index contributed by atoms with van der Waals surface area (Å²) < 4.78 is 2.29. The molecule has 1 saturated heterocycles. The first-order chi connectivity index (χ1) is 11.0. The molecule has 0 aliphatic carbocycles. The molecular weight excluding hydrogens is 376 g/mol. The molecule has 1 aromatic carbocycles. The van der Waals surface area contributed by atoms with Crippen LogP contribution in [0.5, 0.6) is 0 Å². The van der Waals surface area contributed by atoms with Crippen LogP contribution in [0.4, 0.5) is 9.93 Å².